The number of anilines is 1. The van der Waals surface area contributed by atoms with Crippen LogP contribution in [-0.4, -0.2) is 22.9 Å². The van der Waals surface area contributed by atoms with Crippen molar-refractivity contribution in [1.82, 2.24) is 10.3 Å². The fourth-order valence-corrected chi connectivity index (χ4v) is 1.74. The summed E-state index contributed by atoms with van der Waals surface area (Å²) in [5, 5.41) is 11.5. The molecule has 0 aliphatic heterocycles. The van der Waals surface area contributed by atoms with Crippen molar-refractivity contribution in [2.75, 3.05) is 5.73 Å². The van der Waals surface area contributed by atoms with E-state index in [1.807, 2.05) is 6.07 Å². The maximum atomic E-state index is 12.1. The highest BCUT2D eigenvalue weighted by Gasteiger charge is 2.27. The molecule has 1 aromatic heterocycles. The molecule has 8 heteroatoms. The zero-order valence-electron chi connectivity index (χ0n) is 11.8. The number of nitrogens with zero attached hydrogens (tertiary/aromatic N) is 2. The van der Waals surface area contributed by atoms with Crippen LogP contribution in [0.3, 0.4) is 0 Å². The van der Waals surface area contributed by atoms with Crippen LogP contribution in [0.25, 0.3) is 0 Å². The molecule has 0 saturated carbocycles. The normalized spacial score (nSPS) is 11.6. The van der Waals surface area contributed by atoms with Crippen molar-refractivity contribution in [3.63, 3.8) is 0 Å². The second-order valence-electron chi connectivity index (χ2n) is 4.56. The molecular weight excluding hydrogens is 296 g/mol. The van der Waals surface area contributed by atoms with Gasteiger partial charge in [-0.25, -0.2) is 4.98 Å². The summed E-state index contributed by atoms with van der Waals surface area (Å²) in [4.78, 5) is 27.2. The number of nitrogens with two attached hydrogens (primary N) is 1. The van der Waals surface area contributed by atoms with Crippen LogP contribution in [0.1, 0.15) is 38.1 Å². The third kappa shape index (κ3) is 4.33. The van der Waals surface area contributed by atoms with Gasteiger partial charge in [0.05, 0.1) is 16.9 Å². The molecule has 0 aromatic carbocycles. The number of hydrogen-bond donors (Lipinski definition) is 2. The summed E-state index contributed by atoms with van der Waals surface area (Å²) in [7, 11) is 0. The van der Waals surface area contributed by atoms with Crippen LogP contribution in [0.15, 0.2) is 6.07 Å². The summed E-state index contributed by atoms with van der Waals surface area (Å²) in [5.41, 5.74) is 5.70. The predicted octanol–water partition coefficient (Wildman–Crippen LogP) is 1.32. The van der Waals surface area contributed by atoms with Gasteiger partial charge in [-0.15, -0.1) is 0 Å². The highest BCUT2D eigenvalue weighted by molar-refractivity contribution is 6.32. The zero-order chi connectivity index (χ0) is 16.2. The maximum absolute atomic E-state index is 12.1. The molecule has 1 rings (SSSR count). The molecule has 0 spiro atoms. The van der Waals surface area contributed by atoms with Gasteiger partial charge in [0.2, 0.25) is 6.10 Å². The van der Waals surface area contributed by atoms with E-state index in [0.717, 1.165) is 0 Å². The van der Waals surface area contributed by atoms with E-state index in [-0.39, 0.29) is 28.1 Å². The fourth-order valence-electron chi connectivity index (χ4n) is 1.54. The van der Waals surface area contributed by atoms with Gasteiger partial charge in [-0.05, 0) is 19.9 Å². The predicted molar refractivity (Wildman–Crippen MR) is 76.2 cm³/mol. The van der Waals surface area contributed by atoms with Gasteiger partial charge in [-0.1, -0.05) is 11.6 Å². The van der Waals surface area contributed by atoms with Gasteiger partial charge < -0.3 is 15.8 Å². The lowest BCUT2D eigenvalue weighted by Crippen LogP contribution is -2.36. The molecule has 0 bridgehead atoms. The molecule has 0 fully saturated rings. The monoisotopic (exact) mass is 310 g/mol. The Hall–Kier alpha value is -2.33. The number of nitrogen functional groups attached to an aromatic ring is 1. The van der Waals surface area contributed by atoms with Crippen molar-refractivity contribution >= 4 is 29.2 Å². The van der Waals surface area contributed by atoms with Crippen LogP contribution < -0.4 is 11.1 Å². The molecule has 3 N–H and O–H groups in total. The Bertz CT molecular complexity index is 610. The number of hydrogen-bond acceptors (Lipinski definition) is 6. The Morgan fingerprint density at radius 1 is 1.52 bits per heavy atom. The van der Waals surface area contributed by atoms with E-state index in [1.165, 1.54) is 13.0 Å². The molecular formula is C13H15ClN4O3. The van der Waals surface area contributed by atoms with Crippen LogP contribution >= 0.6 is 11.6 Å². The molecule has 21 heavy (non-hydrogen) atoms. The quantitative estimate of drug-likeness (QED) is 0.639. The van der Waals surface area contributed by atoms with E-state index >= 15 is 0 Å². The van der Waals surface area contributed by atoms with Gasteiger partial charge in [0.15, 0.2) is 5.15 Å². The highest BCUT2D eigenvalue weighted by Crippen LogP contribution is 2.26. The Kier molecular flexibility index (Phi) is 5.50. The van der Waals surface area contributed by atoms with Gasteiger partial charge in [-0.2, -0.15) is 5.26 Å². The molecule has 0 saturated heterocycles. The maximum Gasteiger partial charge on any atom is 0.303 e. The largest absolute Gasteiger partial charge is 0.446 e. The first-order valence-electron chi connectivity index (χ1n) is 6.09. The number of esters is 1. The molecule has 1 aromatic rings. The lowest BCUT2D eigenvalue weighted by atomic mass is 10.1. The number of nitrogens with one attached hydrogen (secondary N) is 1. The van der Waals surface area contributed by atoms with Crippen molar-refractivity contribution in [2.45, 2.75) is 32.9 Å². The first-order chi connectivity index (χ1) is 9.76. The summed E-state index contributed by atoms with van der Waals surface area (Å²) in [6, 6.07) is 2.96. The van der Waals surface area contributed by atoms with Crippen LogP contribution in [0.5, 0.6) is 0 Å². The first-order valence-corrected chi connectivity index (χ1v) is 6.47. The van der Waals surface area contributed by atoms with E-state index in [0.29, 0.717) is 0 Å². The van der Waals surface area contributed by atoms with Crippen LogP contribution in [0.4, 0.5) is 5.69 Å². The highest BCUT2D eigenvalue weighted by atomic mass is 35.5. The number of nitriles is 1. The summed E-state index contributed by atoms with van der Waals surface area (Å²) in [6.45, 7) is 4.68. The molecule has 0 aliphatic rings. The smallest absolute Gasteiger partial charge is 0.303 e. The van der Waals surface area contributed by atoms with E-state index in [2.05, 4.69) is 10.3 Å². The minimum Gasteiger partial charge on any atom is -0.446 e. The fraction of sp³-hybridized carbons (Fsp3) is 0.385. The third-order valence-electron chi connectivity index (χ3n) is 2.37. The molecule has 1 amide bonds. The minimum absolute atomic E-state index is 0.00811. The Labute approximate surface area is 127 Å². The number of aromatic nitrogens is 1. The summed E-state index contributed by atoms with van der Waals surface area (Å²) in [5.74, 6) is -1.22. The van der Waals surface area contributed by atoms with E-state index in [9.17, 15) is 9.59 Å². The number of halogens is 1. The molecule has 0 aliphatic carbocycles. The van der Waals surface area contributed by atoms with Crippen LogP contribution in [-0.2, 0) is 14.3 Å². The minimum atomic E-state index is -1.30. The lowest BCUT2D eigenvalue weighted by Gasteiger charge is -2.18. The molecule has 7 nitrogen and oxygen atoms in total. The van der Waals surface area contributed by atoms with Crippen molar-refractivity contribution in [3.05, 3.63) is 22.5 Å². The van der Waals surface area contributed by atoms with Gasteiger partial charge in [0.25, 0.3) is 5.91 Å². The third-order valence-corrected chi connectivity index (χ3v) is 2.66. The van der Waals surface area contributed by atoms with Gasteiger partial charge in [0, 0.05) is 13.0 Å². The van der Waals surface area contributed by atoms with E-state index in [4.69, 9.17) is 27.3 Å². The Morgan fingerprint density at radius 3 is 2.62 bits per heavy atom. The number of ether oxygens (including phenoxy) is 1. The molecule has 0 radical (unpaired) electrons. The topological polar surface area (TPSA) is 118 Å². The van der Waals surface area contributed by atoms with E-state index in [1.54, 1.807) is 13.8 Å². The van der Waals surface area contributed by atoms with Crippen LogP contribution in [0.2, 0.25) is 5.15 Å². The summed E-state index contributed by atoms with van der Waals surface area (Å²) in [6.07, 6.45) is -1.30. The molecule has 1 unspecified atom stereocenters. The van der Waals surface area contributed by atoms with Crippen molar-refractivity contribution in [3.8, 4) is 6.07 Å². The first kappa shape index (κ1) is 16.7. The second kappa shape index (κ2) is 6.90. The van der Waals surface area contributed by atoms with Gasteiger partial charge >= 0.3 is 5.97 Å². The standard InChI is InChI=1S/C13H15ClN4O3/c1-6(2)17-13(20)11(21-7(3)19)9-4-8(5-15)10(16)12(14)18-9/h4,6,11H,16H2,1-3H3,(H,17,20). The van der Waals surface area contributed by atoms with Gasteiger partial charge in [0.1, 0.15) is 6.07 Å². The van der Waals surface area contributed by atoms with Crippen molar-refractivity contribution in [2.24, 2.45) is 0 Å². The summed E-state index contributed by atoms with van der Waals surface area (Å²) >= 11 is 5.83. The Morgan fingerprint density at radius 2 is 2.14 bits per heavy atom. The van der Waals surface area contributed by atoms with Crippen molar-refractivity contribution < 1.29 is 14.3 Å². The average molecular weight is 311 g/mol. The van der Waals surface area contributed by atoms with E-state index < -0.39 is 18.0 Å². The molecule has 1 atom stereocenters. The average Bonchev–Trinajstić information content (AvgIpc) is 2.38. The zero-order valence-corrected chi connectivity index (χ0v) is 12.6. The second-order valence-corrected chi connectivity index (χ2v) is 4.92. The Balaban J connectivity index is 3.26. The SMILES string of the molecule is CC(=O)OC(C(=O)NC(C)C)c1cc(C#N)c(N)c(Cl)n1. The number of carbonyl (C=O) groups excluding carboxylic acids is 2. The molecule has 1 heterocycles. The lowest BCUT2D eigenvalue weighted by molar-refractivity contribution is -0.154. The molecule has 112 valence electrons. The number of amides is 1. The number of pyridine rings is 1. The van der Waals surface area contributed by atoms with Crippen molar-refractivity contribution in [1.29, 1.82) is 5.26 Å². The summed E-state index contributed by atoms with van der Waals surface area (Å²) < 4.78 is 4.97. The van der Waals surface area contributed by atoms with Gasteiger partial charge in [-0.3, -0.25) is 9.59 Å². The number of rotatable bonds is 4. The number of carbonyl (C=O) groups is 2. The van der Waals surface area contributed by atoms with Crippen LogP contribution in [0, 0.1) is 11.3 Å².